The van der Waals surface area contributed by atoms with Crippen molar-refractivity contribution in [2.45, 2.75) is 6.92 Å². The second-order valence-electron chi connectivity index (χ2n) is 1.50. The third kappa shape index (κ3) is 0.883. The molecule has 1 N–H and O–H groups in total. The third-order valence-corrected chi connectivity index (χ3v) is 0.855. The standard InChI is InChI=1S/C4H4N2O3/c1-2-3(4(7)8)6-9-5-2/h1H3,(H,7,8). The smallest absolute Gasteiger partial charge is 0.360 e. The van der Waals surface area contributed by atoms with Crippen LogP contribution in [0.5, 0.6) is 0 Å². The van der Waals surface area contributed by atoms with Crippen molar-refractivity contribution in [2.75, 3.05) is 0 Å². The molecule has 5 heteroatoms. The minimum absolute atomic E-state index is 0.130. The van der Waals surface area contributed by atoms with Crippen LogP contribution in [-0.4, -0.2) is 21.4 Å². The Morgan fingerprint density at radius 1 is 1.67 bits per heavy atom. The Hall–Kier alpha value is -1.39. The number of carboxylic acid groups (broad SMARTS) is 1. The lowest BCUT2D eigenvalue weighted by Gasteiger charge is -1.79. The molecule has 0 unspecified atom stereocenters. The van der Waals surface area contributed by atoms with Crippen LogP contribution < -0.4 is 0 Å². The number of aromatic carboxylic acids is 1. The van der Waals surface area contributed by atoms with Crippen molar-refractivity contribution in [1.29, 1.82) is 0 Å². The first-order valence-electron chi connectivity index (χ1n) is 2.24. The monoisotopic (exact) mass is 128 g/mol. The highest BCUT2D eigenvalue weighted by atomic mass is 16.6. The first-order chi connectivity index (χ1) is 4.22. The minimum atomic E-state index is -1.12. The zero-order chi connectivity index (χ0) is 6.85. The number of carboxylic acids is 1. The van der Waals surface area contributed by atoms with Gasteiger partial charge in [0, 0.05) is 0 Å². The first-order valence-corrected chi connectivity index (χ1v) is 2.24. The Morgan fingerprint density at radius 3 is 2.56 bits per heavy atom. The molecule has 0 aliphatic carbocycles. The van der Waals surface area contributed by atoms with Crippen molar-refractivity contribution in [3.8, 4) is 0 Å². The summed E-state index contributed by atoms with van der Waals surface area (Å²) in [6.07, 6.45) is 0. The molecule has 0 saturated heterocycles. The number of carbonyl (C=O) groups is 1. The highest BCUT2D eigenvalue weighted by molar-refractivity contribution is 5.86. The Kier molecular flexibility index (Phi) is 1.18. The van der Waals surface area contributed by atoms with Crippen LogP contribution >= 0.6 is 0 Å². The molecular weight excluding hydrogens is 124 g/mol. The molecule has 1 heterocycles. The van der Waals surface area contributed by atoms with Gasteiger partial charge in [-0.05, 0) is 12.1 Å². The Labute approximate surface area is 50.3 Å². The molecule has 0 bridgehead atoms. The highest BCUT2D eigenvalue weighted by Crippen LogP contribution is 1.98. The van der Waals surface area contributed by atoms with Crippen LogP contribution in [0.15, 0.2) is 4.63 Å². The van der Waals surface area contributed by atoms with E-state index in [9.17, 15) is 4.79 Å². The second-order valence-corrected chi connectivity index (χ2v) is 1.50. The van der Waals surface area contributed by atoms with Gasteiger partial charge in [-0.15, -0.1) is 0 Å². The topological polar surface area (TPSA) is 76.2 Å². The summed E-state index contributed by atoms with van der Waals surface area (Å²) in [5, 5.41) is 14.7. The van der Waals surface area contributed by atoms with E-state index in [4.69, 9.17) is 5.11 Å². The second kappa shape index (κ2) is 1.85. The molecule has 0 aliphatic rings. The lowest BCUT2D eigenvalue weighted by atomic mass is 10.4. The molecule has 9 heavy (non-hydrogen) atoms. The highest BCUT2D eigenvalue weighted by Gasteiger charge is 2.11. The van der Waals surface area contributed by atoms with Crippen molar-refractivity contribution < 1.29 is 14.5 Å². The molecule has 0 radical (unpaired) electrons. The molecule has 1 aromatic rings. The third-order valence-electron chi connectivity index (χ3n) is 0.855. The Balaban J connectivity index is 3.08. The average Bonchev–Trinajstić information content (AvgIpc) is 2.13. The van der Waals surface area contributed by atoms with E-state index in [0.717, 1.165) is 0 Å². The van der Waals surface area contributed by atoms with Crippen molar-refractivity contribution >= 4 is 5.97 Å². The molecule has 1 aromatic heterocycles. The molecule has 0 fully saturated rings. The summed E-state index contributed by atoms with van der Waals surface area (Å²) in [4.78, 5) is 10.1. The summed E-state index contributed by atoms with van der Waals surface area (Å²) in [5.41, 5.74) is 0.164. The molecule has 0 amide bonds. The van der Waals surface area contributed by atoms with Gasteiger partial charge in [0.2, 0.25) is 5.69 Å². The SMILES string of the molecule is Cc1nonc1C(=O)O. The van der Waals surface area contributed by atoms with E-state index in [-0.39, 0.29) is 5.69 Å². The van der Waals surface area contributed by atoms with Crippen LogP contribution in [-0.2, 0) is 0 Å². The predicted octanol–water partition coefficient (Wildman–Crippen LogP) is 0.0762. The van der Waals surface area contributed by atoms with Gasteiger partial charge in [0.15, 0.2) is 0 Å². The predicted molar refractivity (Wildman–Crippen MR) is 26.0 cm³/mol. The van der Waals surface area contributed by atoms with E-state index in [1.165, 1.54) is 6.92 Å². The summed E-state index contributed by atoms with van der Waals surface area (Å²) < 4.78 is 4.13. The lowest BCUT2D eigenvalue weighted by molar-refractivity contribution is 0.0684. The summed E-state index contributed by atoms with van der Waals surface area (Å²) in [7, 11) is 0. The maximum atomic E-state index is 10.1. The average molecular weight is 128 g/mol. The summed E-state index contributed by atoms with van der Waals surface area (Å²) in [6.45, 7) is 1.51. The number of hydrogen-bond acceptors (Lipinski definition) is 4. The Bertz CT molecular complexity index is 229. The van der Waals surface area contributed by atoms with Gasteiger partial charge in [0.25, 0.3) is 0 Å². The van der Waals surface area contributed by atoms with Crippen LogP contribution in [0.4, 0.5) is 0 Å². The van der Waals surface area contributed by atoms with E-state index in [1.54, 1.807) is 0 Å². The maximum absolute atomic E-state index is 10.1. The van der Waals surface area contributed by atoms with E-state index < -0.39 is 5.97 Å². The molecule has 0 aromatic carbocycles. The van der Waals surface area contributed by atoms with E-state index in [2.05, 4.69) is 14.9 Å². The van der Waals surface area contributed by atoms with Crippen molar-refractivity contribution in [3.05, 3.63) is 11.4 Å². The normalized spacial score (nSPS) is 9.44. The molecule has 0 saturated carbocycles. The Morgan fingerprint density at radius 2 is 2.33 bits per heavy atom. The lowest BCUT2D eigenvalue weighted by Crippen LogP contribution is -1.98. The number of aromatic nitrogens is 2. The largest absolute Gasteiger partial charge is 0.476 e. The number of aryl methyl sites for hydroxylation is 1. The number of hydrogen-bond donors (Lipinski definition) is 1. The molecule has 1 rings (SSSR count). The van der Waals surface area contributed by atoms with Gasteiger partial charge in [-0.3, -0.25) is 0 Å². The van der Waals surface area contributed by atoms with Gasteiger partial charge < -0.3 is 5.11 Å². The van der Waals surface area contributed by atoms with E-state index >= 15 is 0 Å². The first kappa shape index (κ1) is 5.74. The molecule has 5 nitrogen and oxygen atoms in total. The fourth-order valence-corrected chi connectivity index (χ4v) is 0.426. The van der Waals surface area contributed by atoms with Gasteiger partial charge in [-0.2, -0.15) is 0 Å². The van der Waals surface area contributed by atoms with Crippen LogP contribution in [0.25, 0.3) is 0 Å². The maximum Gasteiger partial charge on any atom is 0.360 e. The fraction of sp³-hybridized carbons (Fsp3) is 0.250. The van der Waals surface area contributed by atoms with Crippen molar-refractivity contribution in [2.24, 2.45) is 0 Å². The van der Waals surface area contributed by atoms with Gasteiger partial charge in [-0.1, -0.05) is 5.16 Å². The van der Waals surface area contributed by atoms with E-state index in [0.29, 0.717) is 5.69 Å². The van der Waals surface area contributed by atoms with Crippen molar-refractivity contribution in [3.63, 3.8) is 0 Å². The van der Waals surface area contributed by atoms with Gasteiger partial charge in [0.1, 0.15) is 5.69 Å². The van der Waals surface area contributed by atoms with Crippen LogP contribution in [0.2, 0.25) is 0 Å². The minimum Gasteiger partial charge on any atom is -0.476 e. The molecule has 48 valence electrons. The fourth-order valence-electron chi connectivity index (χ4n) is 0.426. The van der Waals surface area contributed by atoms with Crippen molar-refractivity contribution in [1.82, 2.24) is 10.3 Å². The number of nitrogens with zero attached hydrogens (tertiary/aromatic N) is 2. The van der Waals surface area contributed by atoms with Crippen LogP contribution in [0.1, 0.15) is 16.2 Å². The quantitative estimate of drug-likeness (QED) is 0.579. The van der Waals surface area contributed by atoms with Crippen LogP contribution in [0.3, 0.4) is 0 Å². The zero-order valence-electron chi connectivity index (χ0n) is 4.66. The summed E-state index contributed by atoms with van der Waals surface area (Å²) >= 11 is 0. The molecular formula is C4H4N2O3. The summed E-state index contributed by atoms with van der Waals surface area (Å²) in [6, 6.07) is 0. The zero-order valence-corrected chi connectivity index (χ0v) is 4.66. The van der Waals surface area contributed by atoms with Gasteiger partial charge in [0.05, 0.1) is 0 Å². The van der Waals surface area contributed by atoms with Crippen LogP contribution in [0, 0.1) is 6.92 Å². The molecule has 0 spiro atoms. The van der Waals surface area contributed by atoms with E-state index in [1.807, 2.05) is 0 Å². The molecule has 0 atom stereocenters. The molecule has 0 aliphatic heterocycles. The summed E-state index contributed by atoms with van der Waals surface area (Å²) in [5.74, 6) is -1.12. The van der Waals surface area contributed by atoms with Gasteiger partial charge >= 0.3 is 5.97 Å². The van der Waals surface area contributed by atoms with Gasteiger partial charge in [-0.25, -0.2) is 9.42 Å². The number of rotatable bonds is 1.